The van der Waals surface area contributed by atoms with Crippen LogP contribution in [-0.4, -0.2) is 55.5 Å². The first-order valence-electron chi connectivity index (χ1n) is 8.24. The summed E-state index contributed by atoms with van der Waals surface area (Å²) in [5.74, 6) is 0.717. The Morgan fingerprint density at radius 2 is 1.90 bits per heavy atom. The zero-order chi connectivity index (χ0) is 15.3. The van der Waals surface area contributed by atoms with Crippen LogP contribution in [0, 0.1) is 5.92 Å². The van der Waals surface area contributed by atoms with Gasteiger partial charge in [0.05, 0.1) is 0 Å². The van der Waals surface area contributed by atoms with E-state index in [-0.39, 0.29) is 6.09 Å². The summed E-state index contributed by atoms with van der Waals surface area (Å²) in [7, 11) is 0. The second-order valence-corrected chi connectivity index (χ2v) is 7.16. The normalized spacial score (nSPS) is 20.3. The number of carbonyl (C=O) groups is 1. The molecule has 0 aromatic carbocycles. The summed E-state index contributed by atoms with van der Waals surface area (Å²) in [6.07, 6.45) is 4.34. The van der Waals surface area contributed by atoms with Crippen LogP contribution < -0.4 is 5.32 Å². The molecule has 0 bridgehead atoms. The SMILES string of the molecule is CC(C)(C)OC(=O)N(CCNCC1CCOCC1)C1CC1. The summed E-state index contributed by atoms with van der Waals surface area (Å²) in [6.45, 7) is 10.1. The Labute approximate surface area is 128 Å². The number of ether oxygens (including phenoxy) is 2. The fourth-order valence-electron chi connectivity index (χ4n) is 2.59. The molecule has 5 heteroatoms. The van der Waals surface area contributed by atoms with Gasteiger partial charge in [-0.15, -0.1) is 0 Å². The van der Waals surface area contributed by atoms with Crippen molar-refractivity contribution >= 4 is 6.09 Å². The van der Waals surface area contributed by atoms with Crippen LogP contribution in [0.25, 0.3) is 0 Å². The maximum Gasteiger partial charge on any atom is 0.410 e. The lowest BCUT2D eigenvalue weighted by Crippen LogP contribution is -2.42. The van der Waals surface area contributed by atoms with Crippen molar-refractivity contribution in [1.29, 1.82) is 0 Å². The molecule has 0 unspecified atom stereocenters. The van der Waals surface area contributed by atoms with Gasteiger partial charge in [0.2, 0.25) is 0 Å². The predicted molar refractivity (Wildman–Crippen MR) is 82.4 cm³/mol. The first-order chi connectivity index (χ1) is 9.96. The van der Waals surface area contributed by atoms with E-state index in [0.29, 0.717) is 6.04 Å². The van der Waals surface area contributed by atoms with E-state index >= 15 is 0 Å². The van der Waals surface area contributed by atoms with Crippen molar-refractivity contribution in [3.63, 3.8) is 0 Å². The minimum absolute atomic E-state index is 0.169. The molecule has 1 amide bonds. The predicted octanol–water partition coefficient (Wildman–Crippen LogP) is 2.40. The van der Waals surface area contributed by atoms with Crippen LogP contribution >= 0.6 is 0 Å². The highest BCUT2D eigenvalue weighted by Crippen LogP contribution is 2.28. The minimum atomic E-state index is -0.417. The lowest BCUT2D eigenvalue weighted by atomic mass is 10.0. The van der Waals surface area contributed by atoms with E-state index in [0.717, 1.165) is 64.4 Å². The molecule has 1 saturated heterocycles. The number of hydrogen-bond acceptors (Lipinski definition) is 4. The maximum atomic E-state index is 12.2. The standard InChI is InChI=1S/C16H30N2O3/c1-16(2,3)21-15(19)18(14-4-5-14)9-8-17-12-13-6-10-20-11-7-13/h13-14,17H,4-12H2,1-3H3. The van der Waals surface area contributed by atoms with Gasteiger partial charge in [-0.3, -0.25) is 0 Å². The van der Waals surface area contributed by atoms with Crippen LogP contribution in [0.3, 0.4) is 0 Å². The van der Waals surface area contributed by atoms with Crippen LogP contribution in [0.1, 0.15) is 46.5 Å². The molecule has 21 heavy (non-hydrogen) atoms. The van der Waals surface area contributed by atoms with Gasteiger partial charge < -0.3 is 19.7 Å². The second kappa shape index (κ2) is 7.45. The van der Waals surface area contributed by atoms with Crippen molar-refractivity contribution in [2.24, 2.45) is 5.92 Å². The zero-order valence-corrected chi connectivity index (χ0v) is 13.7. The third kappa shape index (κ3) is 6.22. The molecule has 5 nitrogen and oxygen atoms in total. The number of hydrogen-bond donors (Lipinski definition) is 1. The molecule has 0 atom stereocenters. The molecule has 122 valence electrons. The molecule has 0 aromatic heterocycles. The summed E-state index contributed by atoms with van der Waals surface area (Å²) in [4.78, 5) is 14.1. The summed E-state index contributed by atoms with van der Waals surface area (Å²) in [6, 6.07) is 0.393. The van der Waals surface area contributed by atoms with Gasteiger partial charge in [0, 0.05) is 32.3 Å². The molecular formula is C16H30N2O3. The first-order valence-corrected chi connectivity index (χ1v) is 8.24. The average molecular weight is 298 g/mol. The van der Waals surface area contributed by atoms with Crippen LogP contribution in [-0.2, 0) is 9.47 Å². The van der Waals surface area contributed by atoms with Gasteiger partial charge >= 0.3 is 6.09 Å². The van der Waals surface area contributed by atoms with Gasteiger partial charge in [-0.2, -0.15) is 0 Å². The molecule has 2 fully saturated rings. The van der Waals surface area contributed by atoms with E-state index in [4.69, 9.17) is 9.47 Å². The van der Waals surface area contributed by atoms with Gasteiger partial charge in [0.1, 0.15) is 5.60 Å². The molecule has 0 aromatic rings. The summed E-state index contributed by atoms with van der Waals surface area (Å²) in [5, 5.41) is 3.48. The number of rotatable bonds is 6. The Bertz CT molecular complexity index is 331. The maximum absolute atomic E-state index is 12.2. The zero-order valence-electron chi connectivity index (χ0n) is 13.7. The molecular weight excluding hydrogens is 268 g/mol. The molecule has 2 aliphatic rings. The Balaban J connectivity index is 1.67. The average Bonchev–Trinajstić information content (AvgIpc) is 3.22. The van der Waals surface area contributed by atoms with Crippen molar-refractivity contribution in [1.82, 2.24) is 10.2 Å². The lowest BCUT2D eigenvalue weighted by molar-refractivity contribution is 0.0234. The largest absolute Gasteiger partial charge is 0.444 e. The number of carbonyl (C=O) groups excluding carboxylic acids is 1. The fourth-order valence-corrected chi connectivity index (χ4v) is 2.59. The molecule has 1 aliphatic carbocycles. The van der Waals surface area contributed by atoms with E-state index in [9.17, 15) is 4.79 Å². The third-order valence-electron chi connectivity index (χ3n) is 3.92. The van der Waals surface area contributed by atoms with Crippen molar-refractivity contribution in [3.8, 4) is 0 Å². The van der Waals surface area contributed by atoms with Gasteiger partial charge in [-0.1, -0.05) is 0 Å². The van der Waals surface area contributed by atoms with E-state index in [1.807, 2.05) is 25.7 Å². The van der Waals surface area contributed by atoms with Gasteiger partial charge in [-0.25, -0.2) is 4.79 Å². The Morgan fingerprint density at radius 1 is 1.24 bits per heavy atom. The molecule has 1 saturated carbocycles. The van der Waals surface area contributed by atoms with E-state index in [1.165, 1.54) is 0 Å². The first kappa shape index (κ1) is 16.6. The Morgan fingerprint density at radius 3 is 2.48 bits per heavy atom. The molecule has 0 spiro atoms. The van der Waals surface area contributed by atoms with Crippen molar-refractivity contribution in [3.05, 3.63) is 0 Å². The minimum Gasteiger partial charge on any atom is -0.444 e. The van der Waals surface area contributed by atoms with Crippen LogP contribution in [0.2, 0.25) is 0 Å². The van der Waals surface area contributed by atoms with Crippen LogP contribution in [0.15, 0.2) is 0 Å². The Kier molecular flexibility index (Phi) is 5.88. The smallest absolute Gasteiger partial charge is 0.410 e. The molecule has 1 heterocycles. The van der Waals surface area contributed by atoms with E-state index in [1.54, 1.807) is 0 Å². The fraction of sp³-hybridized carbons (Fsp3) is 0.938. The highest BCUT2D eigenvalue weighted by molar-refractivity contribution is 5.69. The van der Waals surface area contributed by atoms with Gasteiger partial charge in [-0.05, 0) is 58.9 Å². The van der Waals surface area contributed by atoms with Crippen molar-refractivity contribution < 1.29 is 14.3 Å². The van der Waals surface area contributed by atoms with Gasteiger partial charge in [0.15, 0.2) is 0 Å². The molecule has 1 N–H and O–H groups in total. The van der Waals surface area contributed by atoms with Crippen molar-refractivity contribution in [2.45, 2.75) is 58.1 Å². The summed E-state index contributed by atoms with van der Waals surface area (Å²) in [5.41, 5.74) is -0.417. The number of amides is 1. The lowest BCUT2D eigenvalue weighted by Gasteiger charge is -2.28. The van der Waals surface area contributed by atoms with Crippen LogP contribution in [0.4, 0.5) is 4.79 Å². The molecule has 1 aliphatic heterocycles. The summed E-state index contributed by atoms with van der Waals surface area (Å²) >= 11 is 0. The quantitative estimate of drug-likeness (QED) is 0.765. The topological polar surface area (TPSA) is 50.8 Å². The number of nitrogens with zero attached hydrogens (tertiary/aromatic N) is 1. The van der Waals surface area contributed by atoms with Crippen molar-refractivity contribution in [2.75, 3.05) is 32.8 Å². The monoisotopic (exact) mass is 298 g/mol. The van der Waals surface area contributed by atoms with Gasteiger partial charge in [0.25, 0.3) is 0 Å². The molecule has 2 rings (SSSR count). The highest BCUT2D eigenvalue weighted by atomic mass is 16.6. The third-order valence-corrected chi connectivity index (χ3v) is 3.92. The Hall–Kier alpha value is -0.810. The second-order valence-electron chi connectivity index (χ2n) is 7.16. The van der Waals surface area contributed by atoms with E-state index in [2.05, 4.69) is 5.32 Å². The highest BCUT2D eigenvalue weighted by Gasteiger charge is 2.34. The number of nitrogens with one attached hydrogen (secondary N) is 1. The van der Waals surface area contributed by atoms with Crippen LogP contribution in [0.5, 0.6) is 0 Å². The molecule has 0 radical (unpaired) electrons. The summed E-state index contributed by atoms with van der Waals surface area (Å²) < 4.78 is 10.9. The van der Waals surface area contributed by atoms with E-state index < -0.39 is 5.60 Å².